The fourth-order valence-electron chi connectivity index (χ4n) is 0. The van der Waals surface area contributed by atoms with Crippen molar-refractivity contribution in [1.82, 2.24) is 0 Å². The van der Waals surface area contributed by atoms with Crippen LogP contribution in [0, 0.1) is 38.6 Å². The minimum atomic E-state index is 0. The van der Waals surface area contributed by atoms with Crippen LogP contribution in [0.25, 0.3) is 0 Å². The van der Waals surface area contributed by atoms with E-state index in [9.17, 15) is 0 Å². The fourth-order valence-corrected chi connectivity index (χ4v) is 0. The monoisotopic (exact) mass is 326 g/mol. The van der Waals surface area contributed by atoms with Gasteiger partial charge in [0.2, 0.25) is 0 Å². The van der Waals surface area contributed by atoms with Crippen LogP contribution in [0.2, 0.25) is 0 Å². The van der Waals surface area contributed by atoms with Crippen molar-refractivity contribution in [3.63, 3.8) is 0 Å². The molecular formula is CoCrFeTb. The van der Waals surface area contributed by atoms with Gasteiger partial charge < -0.3 is 0 Å². The second kappa shape index (κ2) is 17.0. The summed E-state index contributed by atoms with van der Waals surface area (Å²) in [6.07, 6.45) is 0. The third-order valence-corrected chi connectivity index (χ3v) is 0. The Kier molecular flexibility index (Phi) is 122. The van der Waals surface area contributed by atoms with E-state index in [0.29, 0.717) is 0 Å². The molecule has 4 heavy (non-hydrogen) atoms. The van der Waals surface area contributed by atoms with Gasteiger partial charge in [0.15, 0.2) is 0 Å². The van der Waals surface area contributed by atoms with Gasteiger partial charge in [-0.2, -0.15) is 0 Å². The molecule has 0 aromatic heterocycles. The molecule has 0 bridgehead atoms. The van der Waals surface area contributed by atoms with Crippen molar-refractivity contribution in [3.05, 3.63) is 0 Å². The molecule has 32 valence electrons. The first kappa shape index (κ1) is 28.9. The molecule has 0 aliphatic heterocycles. The third kappa shape index (κ3) is 8.85. The first-order valence-corrected chi connectivity index (χ1v) is 0. The standard InChI is InChI=1S/Co.Cr.Fe.Tb. The first-order chi connectivity index (χ1) is 0. The zero-order valence-electron chi connectivity index (χ0n) is 1.43. The van der Waals surface area contributed by atoms with E-state index in [4.69, 9.17) is 0 Å². The number of rotatable bonds is 0. The molecule has 0 saturated heterocycles. The van der Waals surface area contributed by atoms with Crippen LogP contribution in [0.15, 0.2) is 0 Å². The molecule has 0 rings (SSSR count). The molecular weight excluding hydrogens is 326 g/mol. The van der Waals surface area contributed by atoms with E-state index in [1.807, 2.05) is 0 Å². The molecule has 4 heteroatoms. The van der Waals surface area contributed by atoms with Crippen LogP contribution in [-0.4, -0.2) is 0 Å². The number of hydrogen-bond donors (Lipinski definition) is 0. The summed E-state index contributed by atoms with van der Waals surface area (Å²) in [6.45, 7) is 0. The van der Waals surface area contributed by atoms with Gasteiger partial charge in [-0.25, -0.2) is 0 Å². The summed E-state index contributed by atoms with van der Waals surface area (Å²) >= 11 is 0. The van der Waals surface area contributed by atoms with E-state index >= 15 is 0 Å². The summed E-state index contributed by atoms with van der Waals surface area (Å²) in [4.78, 5) is 0. The molecule has 0 aromatic rings. The Morgan fingerprint density at radius 2 is 1.00 bits per heavy atom. The smallest absolute Gasteiger partial charge is 0 e. The van der Waals surface area contributed by atoms with Crippen LogP contribution in [0.5, 0.6) is 0 Å². The van der Waals surface area contributed by atoms with Gasteiger partial charge in [-0.15, -0.1) is 0 Å². The number of hydrogen-bond acceptors (Lipinski definition) is 0. The first-order valence-electron chi connectivity index (χ1n) is 0. The van der Waals surface area contributed by atoms with E-state index in [2.05, 4.69) is 0 Å². The van der Waals surface area contributed by atoms with Crippen molar-refractivity contribution in [1.29, 1.82) is 0 Å². The van der Waals surface area contributed by atoms with Crippen LogP contribution in [-0.2, 0) is 51.2 Å². The second-order valence-electron chi connectivity index (χ2n) is 0. The summed E-state index contributed by atoms with van der Waals surface area (Å²) in [5.41, 5.74) is 0. The van der Waals surface area contributed by atoms with Crippen LogP contribution >= 0.6 is 0 Å². The van der Waals surface area contributed by atoms with Gasteiger partial charge in [0, 0.05) is 89.8 Å². The van der Waals surface area contributed by atoms with Crippen LogP contribution in [0.4, 0.5) is 0 Å². The molecule has 0 fully saturated rings. The maximum absolute atomic E-state index is 0. The van der Waals surface area contributed by atoms with Crippen LogP contribution in [0.3, 0.4) is 0 Å². The van der Waals surface area contributed by atoms with Crippen molar-refractivity contribution in [2.24, 2.45) is 0 Å². The Morgan fingerprint density at radius 1 is 1.00 bits per heavy atom. The second-order valence-corrected chi connectivity index (χ2v) is 0. The van der Waals surface area contributed by atoms with E-state index in [0.717, 1.165) is 0 Å². The maximum Gasteiger partial charge on any atom is 0 e. The molecule has 0 N–H and O–H groups in total. The molecule has 0 atom stereocenters. The maximum atomic E-state index is 0. The van der Waals surface area contributed by atoms with E-state index in [-0.39, 0.29) is 89.8 Å². The molecule has 0 saturated carbocycles. The van der Waals surface area contributed by atoms with Gasteiger partial charge in [0.05, 0.1) is 0 Å². The zero-order valence-corrected chi connectivity index (χ0v) is 6.99. The zero-order chi connectivity index (χ0) is 0. The summed E-state index contributed by atoms with van der Waals surface area (Å²) < 4.78 is 0. The fraction of sp³-hybridized carbons (Fsp3) is 0. The molecule has 0 spiro atoms. The van der Waals surface area contributed by atoms with Crippen LogP contribution < -0.4 is 0 Å². The van der Waals surface area contributed by atoms with E-state index in [1.165, 1.54) is 0 Å². The van der Waals surface area contributed by atoms with Crippen LogP contribution in [0.1, 0.15) is 0 Å². The Morgan fingerprint density at radius 3 is 1.00 bits per heavy atom. The Labute approximate surface area is 88.1 Å². The topological polar surface area (TPSA) is 0 Å². The Bertz CT molecular complexity index is 8.00. The van der Waals surface area contributed by atoms with Crippen molar-refractivity contribution in [3.8, 4) is 0 Å². The normalized spacial score (nSPS) is 0. The molecule has 0 aromatic carbocycles. The largest absolute Gasteiger partial charge is 0 e. The molecule has 0 aliphatic carbocycles. The third-order valence-electron chi connectivity index (χ3n) is 0. The summed E-state index contributed by atoms with van der Waals surface area (Å²) in [5, 5.41) is 0. The molecule has 2 radical (unpaired) electrons. The molecule has 0 unspecified atom stereocenters. The van der Waals surface area contributed by atoms with Crippen molar-refractivity contribution >= 4 is 0 Å². The van der Waals surface area contributed by atoms with Crippen molar-refractivity contribution in [2.75, 3.05) is 0 Å². The quantitative estimate of drug-likeness (QED) is 0.550. The minimum Gasteiger partial charge on any atom is 0 e. The van der Waals surface area contributed by atoms with Gasteiger partial charge >= 0.3 is 0 Å². The van der Waals surface area contributed by atoms with Crippen molar-refractivity contribution < 1.29 is 89.8 Å². The summed E-state index contributed by atoms with van der Waals surface area (Å²) in [5.74, 6) is 0. The molecule has 0 amide bonds. The molecule has 0 nitrogen and oxygen atoms in total. The average molecular weight is 326 g/mol. The van der Waals surface area contributed by atoms with E-state index < -0.39 is 0 Å². The van der Waals surface area contributed by atoms with Gasteiger partial charge in [-0.3, -0.25) is 0 Å². The molecule has 0 aliphatic rings. The predicted molar refractivity (Wildman–Crippen MR) is 0 cm³/mol. The Hall–Kier alpha value is 2.84. The SMILES string of the molecule is [Co].[Cr].[Fe].[Tb]. The van der Waals surface area contributed by atoms with Gasteiger partial charge in [0.25, 0.3) is 0 Å². The average Bonchev–Trinajstić information content (AvgIpc) is 0. The molecule has 0 heterocycles. The minimum absolute atomic E-state index is 0. The Balaban J connectivity index is 0. The summed E-state index contributed by atoms with van der Waals surface area (Å²) in [6, 6.07) is 0. The summed E-state index contributed by atoms with van der Waals surface area (Å²) in [7, 11) is 0. The van der Waals surface area contributed by atoms with Crippen molar-refractivity contribution in [2.45, 2.75) is 0 Å². The van der Waals surface area contributed by atoms with Gasteiger partial charge in [-0.05, 0) is 0 Å². The van der Waals surface area contributed by atoms with Gasteiger partial charge in [-0.1, -0.05) is 0 Å². The predicted octanol–water partition coefficient (Wildman–Crippen LogP) is -0.00750. The van der Waals surface area contributed by atoms with E-state index in [1.54, 1.807) is 0 Å². The van der Waals surface area contributed by atoms with Gasteiger partial charge in [0.1, 0.15) is 0 Å².